The number of furan rings is 1. The third-order valence-corrected chi connectivity index (χ3v) is 8.40. The number of non-ortho nitro benzene ring substituents is 1. The van der Waals surface area contributed by atoms with E-state index in [9.17, 15) is 10.1 Å². The monoisotopic (exact) mass is 628 g/mol. The first-order valence-electron chi connectivity index (χ1n) is 12.3. The van der Waals surface area contributed by atoms with Gasteiger partial charge in [-0.25, -0.2) is 0 Å². The second-order valence-electron chi connectivity index (χ2n) is 9.05. The lowest BCUT2D eigenvalue weighted by molar-refractivity contribution is -0.384. The van der Waals surface area contributed by atoms with Crippen LogP contribution < -0.4 is 10.2 Å². The van der Waals surface area contributed by atoms with Gasteiger partial charge in [0.2, 0.25) is 0 Å². The zero-order valence-corrected chi connectivity index (χ0v) is 24.0. The Labute approximate surface area is 248 Å². The highest BCUT2D eigenvalue weighted by Gasteiger charge is 2.42. The minimum absolute atomic E-state index is 0.0736. The van der Waals surface area contributed by atoms with Crippen LogP contribution in [0.1, 0.15) is 23.5 Å². The molecule has 2 atom stereocenters. The quantitative estimate of drug-likeness (QED) is 0.109. The van der Waals surface area contributed by atoms with Crippen molar-refractivity contribution in [2.45, 2.75) is 21.9 Å². The smallest absolute Gasteiger partial charge is 0.269 e. The Kier molecular flexibility index (Phi) is 7.38. The van der Waals surface area contributed by atoms with Crippen molar-refractivity contribution in [2.24, 2.45) is 0 Å². The molecule has 6 rings (SSSR count). The first kappa shape index (κ1) is 26.2. The summed E-state index contributed by atoms with van der Waals surface area (Å²) in [4.78, 5) is 19.2. The molecule has 198 valence electrons. The SMILES string of the molecule is O=[N+]([O-])c1ccc(Sc2ccc(N3C(=S)N[C@H](c4ccccn4)[C@H]3c3ccc(-c4ccc(Br)cc4)o3)cc2)cc1. The van der Waals surface area contributed by atoms with Crippen molar-refractivity contribution in [1.29, 1.82) is 0 Å². The van der Waals surface area contributed by atoms with Gasteiger partial charge in [-0.3, -0.25) is 15.1 Å². The molecule has 40 heavy (non-hydrogen) atoms. The van der Waals surface area contributed by atoms with Crippen LogP contribution in [0.4, 0.5) is 11.4 Å². The Hall–Kier alpha value is -3.99. The summed E-state index contributed by atoms with van der Waals surface area (Å²) in [6, 6.07) is 32.0. The number of nitro benzene ring substituents is 1. The fraction of sp³-hybridized carbons (Fsp3) is 0.0667. The molecule has 2 aromatic heterocycles. The van der Waals surface area contributed by atoms with Crippen molar-refractivity contribution >= 4 is 56.4 Å². The molecule has 0 unspecified atom stereocenters. The zero-order valence-electron chi connectivity index (χ0n) is 20.8. The van der Waals surface area contributed by atoms with Crippen LogP contribution in [0.3, 0.4) is 0 Å². The van der Waals surface area contributed by atoms with Crippen molar-refractivity contribution in [2.75, 3.05) is 4.90 Å². The van der Waals surface area contributed by atoms with E-state index in [-0.39, 0.29) is 17.8 Å². The molecule has 7 nitrogen and oxygen atoms in total. The third kappa shape index (κ3) is 5.38. The highest BCUT2D eigenvalue weighted by atomic mass is 79.9. The lowest BCUT2D eigenvalue weighted by atomic mass is 10.0. The summed E-state index contributed by atoms with van der Waals surface area (Å²) in [5.74, 6) is 1.54. The topological polar surface area (TPSA) is 84.4 Å². The lowest BCUT2D eigenvalue weighted by Gasteiger charge is -2.26. The second-order valence-corrected chi connectivity index (χ2v) is 11.5. The predicted octanol–water partition coefficient (Wildman–Crippen LogP) is 8.34. The maximum Gasteiger partial charge on any atom is 0.269 e. The molecular formula is C30H21BrN4O3S2. The number of hydrogen-bond donors (Lipinski definition) is 1. The lowest BCUT2D eigenvalue weighted by Crippen LogP contribution is -2.29. The van der Waals surface area contributed by atoms with Gasteiger partial charge in [0.1, 0.15) is 17.6 Å². The number of thiocarbonyl (C=S) groups is 1. The second kappa shape index (κ2) is 11.2. The number of anilines is 1. The summed E-state index contributed by atoms with van der Waals surface area (Å²) in [7, 11) is 0. The number of benzene rings is 3. The highest BCUT2D eigenvalue weighted by Crippen LogP contribution is 2.43. The van der Waals surface area contributed by atoms with Crippen LogP contribution in [0.5, 0.6) is 0 Å². The molecule has 5 aromatic rings. The number of nitrogens with one attached hydrogen (secondary N) is 1. The Morgan fingerprint density at radius 1 is 0.925 bits per heavy atom. The van der Waals surface area contributed by atoms with Crippen molar-refractivity contribution in [3.8, 4) is 11.3 Å². The molecule has 1 N–H and O–H groups in total. The van der Waals surface area contributed by atoms with Gasteiger partial charge in [0.15, 0.2) is 5.11 Å². The van der Waals surface area contributed by atoms with Crippen LogP contribution in [0.25, 0.3) is 11.3 Å². The standard InChI is InChI=1S/C30H21BrN4O3S2/c31-20-6-4-19(5-7-20)26-16-17-27(38-26)29-28(25-3-1-2-18-32-25)33-30(39)34(29)21-8-12-23(13-9-21)40-24-14-10-22(11-15-24)35(36)37/h1-18,28-29H,(H,33,39)/t28-,29-/m1/s1. The van der Waals surface area contributed by atoms with E-state index in [0.717, 1.165) is 42.7 Å². The van der Waals surface area contributed by atoms with Gasteiger partial charge in [0.05, 0.1) is 16.7 Å². The highest BCUT2D eigenvalue weighted by molar-refractivity contribution is 9.10. The van der Waals surface area contributed by atoms with Crippen molar-refractivity contribution < 1.29 is 9.34 Å². The van der Waals surface area contributed by atoms with Crippen molar-refractivity contribution in [1.82, 2.24) is 10.3 Å². The molecular weight excluding hydrogens is 608 g/mol. The van der Waals surface area contributed by atoms with E-state index in [4.69, 9.17) is 16.6 Å². The molecule has 1 fully saturated rings. The molecule has 0 spiro atoms. The molecule has 0 amide bonds. The van der Waals surface area contributed by atoms with Gasteiger partial charge >= 0.3 is 0 Å². The van der Waals surface area contributed by atoms with Crippen LogP contribution >= 0.6 is 39.9 Å². The van der Waals surface area contributed by atoms with Gasteiger partial charge in [-0.1, -0.05) is 45.9 Å². The van der Waals surface area contributed by atoms with Gasteiger partial charge in [-0.15, -0.1) is 0 Å². The first-order valence-corrected chi connectivity index (χ1v) is 14.4. The van der Waals surface area contributed by atoms with Gasteiger partial charge in [-0.2, -0.15) is 0 Å². The molecule has 1 aliphatic rings. The van der Waals surface area contributed by atoms with E-state index in [2.05, 4.69) is 31.1 Å². The Bertz CT molecular complexity index is 1660. The van der Waals surface area contributed by atoms with Crippen LogP contribution in [0.15, 0.2) is 128 Å². The number of hydrogen-bond acceptors (Lipinski definition) is 6. The number of aromatic nitrogens is 1. The summed E-state index contributed by atoms with van der Waals surface area (Å²) in [5.41, 5.74) is 2.83. The average molecular weight is 630 g/mol. The maximum atomic E-state index is 11.0. The fourth-order valence-electron chi connectivity index (χ4n) is 4.65. The van der Waals surface area contributed by atoms with E-state index in [1.54, 1.807) is 18.3 Å². The maximum absolute atomic E-state index is 11.0. The molecule has 0 bridgehead atoms. The number of halogens is 1. The predicted molar refractivity (Wildman–Crippen MR) is 163 cm³/mol. The Morgan fingerprint density at radius 3 is 2.27 bits per heavy atom. The zero-order chi connectivity index (χ0) is 27.6. The molecule has 10 heteroatoms. The van der Waals surface area contributed by atoms with E-state index >= 15 is 0 Å². The number of rotatable bonds is 7. The van der Waals surface area contributed by atoms with Crippen LogP contribution in [-0.4, -0.2) is 15.0 Å². The summed E-state index contributed by atoms with van der Waals surface area (Å²) in [6.07, 6.45) is 1.78. The molecule has 1 saturated heterocycles. The minimum Gasteiger partial charge on any atom is -0.459 e. The Morgan fingerprint density at radius 2 is 1.62 bits per heavy atom. The molecule has 3 aromatic carbocycles. The Balaban J connectivity index is 1.31. The van der Waals surface area contributed by atoms with Gasteiger partial charge in [-0.05, 0) is 85.0 Å². The van der Waals surface area contributed by atoms with E-state index in [1.165, 1.54) is 23.9 Å². The van der Waals surface area contributed by atoms with Crippen LogP contribution in [0, 0.1) is 10.1 Å². The average Bonchev–Trinajstić information content (AvgIpc) is 3.59. The third-order valence-electron chi connectivity index (χ3n) is 6.54. The van der Waals surface area contributed by atoms with Crippen molar-refractivity contribution in [3.63, 3.8) is 0 Å². The van der Waals surface area contributed by atoms with Gasteiger partial charge < -0.3 is 14.6 Å². The van der Waals surface area contributed by atoms with Crippen LogP contribution in [-0.2, 0) is 0 Å². The summed E-state index contributed by atoms with van der Waals surface area (Å²) in [5, 5.41) is 15.0. The molecule has 0 aliphatic carbocycles. The number of pyridine rings is 1. The number of nitro groups is 1. The molecule has 0 radical (unpaired) electrons. The van der Waals surface area contributed by atoms with Crippen molar-refractivity contribution in [3.05, 3.63) is 135 Å². The fourth-order valence-corrected chi connectivity index (χ4v) is 6.08. The minimum atomic E-state index is -0.397. The van der Waals surface area contributed by atoms with Gasteiger partial charge in [0.25, 0.3) is 5.69 Å². The summed E-state index contributed by atoms with van der Waals surface area (Å²) < 4.78 is 7.44. The summed E-state index contributed by atoms with van der Waals surface area (Å²) in [6.45, 7) is 0. The van der Waals surface area contributed by atoms with Gasteiger partial charge in [0, 0.05) is 43.8 Å². The van der Waals surface area contributed by atoms with E-state index in [1.807, 2.05) is 78.9 Å². The van der Waals surface area contributed by atoms with E-state index < -0.39 is 4.92 Å². The first-order chi connectivity index (χ1) is 19.5. The largest absolute Gasteiger partial charge is 0.459 e. The molecule has 3 heterocycles. The summed E-state index contributed by atoms with van der Waals surface area (Å²) >= 11 is 10.9. The number of nitrogens with zero attached hydrogens (tertiary/aromatic N) is 3. The molecule has 0 saturated carbocycles. The van der Waals surface area contributed by atoms with Crippen LogP contribution in [0.2, 0.25) is 0 Å². The normalized spacial score (nSPS) is 16.6. The molecule has 1 aliphatic heterocycles. The van der Waals surface area contributed by atoms with E-state index in [0.29, 0.717) is 5.11 Å².